The normalized spacial score (nSPS) is 15.6. The molecule has 2 aromatic carbocycles. The minimum absolute atomic E-state index is 0.282. The zero-order valence-corrected chi connectivity index (χ0v) is 17.9. The lowest BCUT2D eigenvalue weighted by Crippen LogP contribution is -2.37. The third kappa shape index (κ3) is 3.06. The van der Waals surface area contributed by atoms with E-state index < -0.39 is 5.21 Å². The van der Waals surface area contributed by atoms with Crippen LogP contribution in [-0.4, -0.2) is 25.7 Å². The van der Waals surface area contributed by atoms with Crippen molar-refractivity contribution in [1.82, 2.24) is 9.97 Å². The summed E-state index contributed by atoms with van der Waals surface area (Å²) in [5.74, 6) is 0.282. The van der Waals surface area contributed by atoms with Gasteiger partial charge < -0.3 is 4.42 Å². The van der Waals surface area contributed by atoms with E-state index in [1.165, 1.54) is 19.3 Å². The van der Waals surface area contributed by atoms with Gasteiger partial charge in [0.15, 0.2) is 0 Å². The van der Waals surface area contributed by atoms with Crippen LogP contribution in [0.25, 0.3) is 44.1 Å². The highest BCUT2D eigenvalue weighted by Crippen LogP contribution is 2.40. The number of para-hydroxylation sites is 1. The van der Waals surface area contributed by atoms with Gasteiger partial charge in [-0.25, -0.2) is 4.98 Å². The van der Waals surface area contributed by atoms with Crippen LogP contribution >= 0.6 is 0 Å². The molecule has 0 saturated heterocycles. The lowest BCUT2D eigenvalue weighted by atomic mass is 9.43. The highest BCUT2D eigenvalue weighted by Gasteiger charge is 2.31. The van der Waals surface area contributed by atoms with Crippen LogP contribution in [0.4, 0.5) is 0 Å². The fourth-order valence-corrected chi connectivity index (χ4v) is 5.29. The van der Waals surface area contributed by atoms with E-state index in [9.17, 15) is 0 Å². The first-order valence-corrected chi connectivity index (χ1v) is 11.4. The van der Waals surface area contributed by atoms with Crippen LogP contribution in [0, 0.1) is 5.92 Å². The van der Waals surface area contributed by atoms with Crippen molar-refractivity contribution in [3.8, 4) is 11.3 Å². The summed E-state index contributed by atoms with van der Waals surface area (Å²) >= 11 is 0. The van der Waals surface area contributed by atoms with E-state index in [2.05, 4.69) is 28.2 Å². The molecule has 0 atom stereocenters. The largest absolute Gasteiger partial charge is 0.437 e. The fraction of sp³-hybridized carbons (Fsp3) is 0.259. The Bertz CT molecular complexity index is 1450. The smallest absolute Gasteiger partial charge is 0.227 e. The molecule has 1 saturated carbocycles. The topological polar surface area (TPSA) is 38.9 Å². The third-order valence-electron chi connectivity index (χ3n) is 7.06. The maximum atomic E-state index is 6.71. The Kier molecular flexibility index (Phi) is 4.60. The van der Waals surface area contributed by atoms with E-state index >= 15 is 0 Å². The number of hydrogen-bond donors (Lipinski definition) is 0. The molecule has 3 aromatic heterocycles. The van der Waals surface area contributed by atoms with E-state index in [0.717, 1.165) is 56.8 Å². The number of hydrogen-bond acceptors (Lipinski definition) is 3. The molecule has 1 aliphatic carbocycles. The van der Waals surface area contributed by atoms with Gasteiger partial charge in [0.2, 0.25) is 5.71 Å². The quantitative estimate of drug-likeness (QED) is 0.328. The molecule has 3 nitrogen and oxygen atoms in total. The van der Waals surface area contributed by atoms with Gasteiger partial charge in [-0.3, -0.25) is 4.98 Å². The Morgan fingerprint density at radius 2 is 1.69 bits per heavy atom. The Morgan fingerprint density at radius 1 is 0.875 bits per heavy atom. The number of pyridine rings is 2. The van der Waals surface area contributed by atoms with Gasteiger partial charge in [-0.05, 0) is 29.5 Å². The number of furan rings is 1. The van der Waals surface area contributed by atoms with Crippen LogP contribution < -0.4 is 0 Å². The maximum Gasteiger partial charge on any atom is 0.227 e. The second kappa shape index (κ2) is 7.51. The van der Waals surface area contributed by atoms with Crippen molar-refractivity contribution in [3.05, 3.63) is 72.6 Å². The van der Waals surface area contributed by atoms with Gasteiger partial charge in [-0.15, -0.1) is 0 Å². The highest BCUT2D eigenvalue weighted by atomic mass is 16.3. The number of fused-ring (bicyclic) bond motifs is 5. The van der Waals surface area contributed by atoms with Crippen LogP contribution in [-0.2, 0) is 5.21 Å². The van der Waals surface area contributed by atoms with Crippen molar-refractivity contribution in [2.24, 2.45) is 5.92 Å². The summed E-state index contributed by atoms with van der Waals surface area (Å²) in [6.45, 7) is 0. The summed E-state index contributed by atoms with van der Waals surface area (Å²) in [5.41, 5.74) is 4.08. The Morgan fingerprint density at radius 3 is 2.56 bits per heavy atom. The molecule has 0 bridgehead atoms. The Hall–Kier alpha value is -3.07. The predicted octanol–water partition coefficient (Wildman–Crippen LogP) is 6.27. The molecule has 4 radical (unpaired) electrons. The van der Waals surface area contributed by atoms with Crippen LogP contribution in [0.2, 0.25) is 0 Å². The summed E-state index contributed by atoms with van der Waals surface area (Å²) in [4.78, 5) is 9.23. The van der Waals surface area contributed by atoms with Crippen molar-refractivity contribution in [2.75, 3.05) is 0 Å². The second-order valence-electron chi connectivity index (χ2n) is 9.01. The van der Waals surface area contributed by atoms with E-state index in [-0.39, 0.29) is 5.92 Å². The molecule has 0 N–H and O–H groups in total. The summed E-state index contributed by atoms with van der Waals surface area (Å²) < 4.78 is 6.27. The first kappa shape index (κ1) is 19.6. The predicted molar refractivity (Wildman–Crippen MR) is 132 cm³/mol. The van der Waals surface area contributed by atoms with Crippen LogP contribution in [0.1, 0.15) is 37.7 Å². The van der Waals surface area contributed by atoms with Crippen molar-refractivity contribution in [1.29, 1.82) is 0 Å². The summed E-state index contributed by atoms with van der Waals surface area (Å²) in [7, 11) is 13.4. The van der Waals surface area contributed by atoms with Gasteiger partial charge in [0.25, 0.3) is 0 Å². The van der Waals surface area contributed by atoms with E-state index in [1.807, 2.05) is 42.6 Å². The average molecular weight is 412 g/mol. The molecule has 0 unspecified atom stereocenters. The number of aromatic nitrogens is 2. The summed E-state index contributed by atoms with van der Waals surface area (Å²) in [6.07, 6.45) is 9.46. The Labute approximate surface area is 190 Å². The molecular weight excluding hydrogens is 390 g/mol. The molecule has 152 valence electrons. The Balaban J connectivity index is 1.52. The zero-order chi connectivity index (χ0) is 21.7. The van der Waals surface area contributed by atoms with Crippen molar-refractivity contribution in [2.45, 2.75) is 37.3 Å². The number of rotatable bonds is 3. The van der Waals surface area contributed by atoms with Gasteiger partial charge in [-0.1, -0.05) is 79.3 Å². The lowest BCUT2D eigenvalue weighted by molar-refractivity contribution is 0.327. The molecule has 0 spiro atoms. The molecular formula is C27H22B2N2O. The minimum Gasteiger partial charge on any atom is -0.437 e. The fourth-order valence-electron chi connectivity index (χ4n) is 5.29. The molecule has 32 heavy (non-hydrogen) atoms. The first-order chi connectivity index (χ1) is 15.6. The average Bonchev–Trinajstić information content (AvgIpc) is 3.24. The highest BCUT2D eigenvalue weighted by molar-refractivity contribution is 6.40. The number of benzene rings is 2. The van der Waals surface area contributed by atoms with E-state index in [1.54, 1.807) is 6.20 Å². The molecule has 1 fully saturated rings. The van der Waals surface area contributed by atoms with Crippen molar-refractivity contribution < 1.29 is 4.42 Å². The van der Waals surface area contributed by atoms with E-state index in [0.29, 0.717) is 5.71 Å². The minimum atomic E-state index is -0.863. The second-order valence-corrected chi connectivity index (χ2v) is 9.01. The molecule has 0 aliphatic heterocycles. The molecule has 6 rings (SSSR count). The van der Waals surface area contributed by atoms with Crippen LogP contribution in [0.15, 0.2) is 71.4 Å². The molecule has 5 heteroatoms. The molecule has 0 amide bonds. The standard InChI is InChI=1S/C27H22B2N2O/c28-27(29,18-8-2-1-3-9-18)19-13-14-30-23(15-19)21-11-6-12-22-24-20-10-5-4-7-17(20)16-31-26(24)32-25(21)22/h4-7,10-16,18H,1-3,8-9H2. The lowest BCUT2D eigenvalue weighted by Gasteiger charge is -2.38. The monoisotopic (exact) mass is 412 g/mol. The summed E-state index contributed by atoms with van der Waals surface area (Å²) in [5, 5.41) is 3.43. The molecule has 1 aliphatic rings. The van der Waals surface area contributed by atoms with Crippen LogP contribution in [0.3, 0.4) is 0 Å². The number of nitrogens with zero attached hydrogens (tertiary/aromatic N) is 2. The van der Waals surface area contributed by atoms with Gasteiger partial charge >= 0.3 is 0 Å². The van der Waals surface area contributed by atoms with Gasteiger partial charge in [0, 0.05) is 28.7 Å². The zero-order valence-electron chi connectivity index (χ0n) is 17.9. The molecule has 5 aromatic rings. The SMILES string of the molecule is [B]C([B])(c1ccnc(-c2cccc3c2oc2ncc4ccccc4c23)c1)C1CCCCC1. The first-order valence-electron chi connectivity index (χ1n) is 11.4. The van der Waals surface area contributed by atoms with E-state index in [4.69, 9.17) is 20.1 Å². The summed E-state index contributed by atoms with van der Waals surface area (Å²) in [6, 6.07) is 18.4. The van der Waals surface area contributed by atoms with Crippen molar-refractivity contribution >= 4 is 48.5 Å². The third-order valence-corrected chi connectivity index (χ3v) is 7.06. The van der Waals surface area contributed by atoms with Gasteiger partial charge in [0.05, 0.1) is 26.8 Å². The van der Waals surface area contributed by atoms with Gasteiger partial charge in [0.1, 0.15) is 5.58 Å². The maximum absolute atomic E-state index is 6.71. The molecule has 3 heterocycles. The van der Waals surface area contributed by atoms with Crippen molar-refractivity contribution in [3.63, 3.8) is 0 Å². The van der Waals surface area contributed by atoms with Gasteiger partial charge in [-0.2, -0.15) is 0 Å². The van der Waals surface area contributed by atoms with Crippen LogP contribution in [0.5, 0.6) is 0 Å².